The van der Waals surface area contributed by atoms with E-state index in [4.69, 9.17) is 16.3 Å². The predicted octanol–water partition coefficient (Wildman–Crippen LogP) is 4.28. The highest BCUT2D eigenvalue weighted by molar-refractivity contribution is 6.30. The third-order valence-electron chi connectivity index (χ3n) is 7.32. The van der Waals surface area contributed by atoms with Gasteiger partial charge in [-0.3, -0.25) is 4.79 Å². The number of carbonyl (C=O) groups excluding carboxylic acids is 1. The average Bonchev–Trinajstić information content (AvgIpc) is 3.21. The fraction of sp³-hybridized carbons (Fsp3) is 0.360. The molecule has 2 bridgehead atoms. The average molecular weight is 468 g/mol. The van der Waals surface area contributed by atoms with E-state index in [1.165, 1.54) is 6.07 Å². The molecule has 1 aliphatic heterocycles. The number of nitrogens with one attached hydrogen (secondary N) is 1. The van der Waals surface area contributed by atoms with E-state index in [0.717, 1.165) is 30.5 Å². The number of amides is 1. The molecule has 2 atom stereocenters. The van der Waals surface area contributed by atoms with Crippen LogP contribution in [0, 0.1) is 12.7 Å². The van der Waals surface area contributed by atoms with Gasteiger partial charge in [-0.2, -0.15) is 0 Å². The molecule has 7 rings (SSSR count). The largest absolute Gasteiger partial charge is 0.480 e. The number of imidazole rings is 1. The lowest BCUT2D eigenvalue weighted by Gasteiger charge is -2.70. The highest BCUT2D eigenvalue weighted by Crippen LogP contribution is 2.65. The molecular formula is C25H23ClFN3O3. The lowest BCUT2D eigenvalue weighted by molar-refractivity contribution is -0.161. The molecule has 6 nitrogen and oxygen atoms in total. The van der Waals surface area contributed by atoms with Gasteiger partial charge in [-0.15, -0.1) is 0 Å². The molecule has 33 heavy (non-hydrogen) atoms. The smallest absolute Gasteiger partial charge is 0.261 e. The number of fused-ring (bicyclic) bond motifs is 1. The summed E-state index contributed by atoms with van der Waals surface area (Å²) in [6.45, 7) is 1.74. The van der Waals surface area contributed by atoms with Crippen molar-refractivity contribution in [3.8, 4) is 17.0 Å². The Morgan fingerprint density at radius 1 is 1.27 bits per heavy atom. The summed E-state index contributed by atoms with van der Waals surface area (Å²) >= 11 is 6.00. The van der Waals surface area contributed by atoms with Gasteiger partial charge in [0, 0.05) is 34.3 Å². The normalized spacial score (nSPS) is 29.3. The number of aliphatic hydroxyl groups is 1. The summed E-state index contributed by atoms with van der Waals surface area (Å²) in [6, 6.07) is 10.2. The fourth-order valence-electron chi connectivity index (χ4n) is 5.54. The van der Waals surface area contributed by atoms with Crippen molar-refractivity contribution in [2.75, 3.05) is 0 Å². The molecule has 170 valence electrons. The van der Waals surface area contributed by atoms with Crippen molar-refractivity contribution < 1.29 is 19.0 Å². The number of hydrogen-bond donors (Lipinski definition) is 2. The molecule has 0 radical (unpaired) electrons. The Balaban J connectivity index is 1.11. The van der Waals surface area contributed by atoms with Gasteiger partial charge in [-0.05, 0) is 56.0 Å². The molecular weight excluding hydrogens is 445 g/mol. The number of benzene rings is 2. The molecule has 3 saturated carbocycles. The highest BCUT2D eigenvalue weighted by Gasteiger charge is 2.70. The van der Waals surface area contributed by atoms with Crippen molar-refractivity contribution in [2.24, 2.45) is 0 Å². The summed E-state index contributed by atoms with van der Waals surface area (Å²) in [5.41, 5.74) is 2.41. The first-order chi connectivity index (χ1) is 15.8. The summed E-state index contributed by atoms with van der Waals surface area (Å²) < 4.78 is 21.9. The minimum atomic E-state index is -0.793. The molecule has 8 heteroatoms. The van der Waals surface area contributed by atoms with Gasteiger partial charge in [-0.25, -0.2) is 9.37 Å². The second-order valence-electron chi connectivity index (χ2n) is 9.69. The van der Waals surface area contributed by atoms with E-state index in [9.17, 15) is 14.3 Å². The van der Waals surface area contributed by atoms with Crippen molar-refractivity contribution in [1.82, 2.24) is 14.9 Å². The topological polar surface area (TPSA) is 76.4 Å². The third-order valence-corrected chi connectivity index (χ3v) is 7.55. The standard InChI is InChI=1S/C25H23ClFN3O3/c1-14-2-3-15(6-18(14)27)19-9-30(13-28-19)25-10-24(11-25,12-25)29-23(32)22-8-20(31)17-7-16(26)4-5-21(17)33-22/h2-7,9,13,20,22,31H,8,10-12H2,1H3,(H,29,32)/t20-,22-,24?,25?/m1/s1. The van der Waals surface area contributed by atoms with Gasteiger partial charge in [0.2, 0.25) is 0 Å². The van der Waals surface area contributed by atoms with Crippen molar-refractivity contribution >= 4 is 17.5 Å². The predicted molar refractivity (Wildman–Crippen MR) is 121 cm³/mol. The Labute approximate surface area is 195 Å². The van der Waals surface area contributed by atoms with Crippen LogP contribution in [0.4, 0.5) is 4.39 Å². The number of nitrogens with zero attached hydrogens (tertiary/aromatic N) is 2. The van der Waals surface area contributed by atoms with Gasteiger partial charge in [0.05, 0.1) is 23.7 Å². The van der Waals surface area contributed by atoms with E-state index in [1.54, 1.807) is 37.5 Å². The number of aryl methyl sites for hydroxylation is 1. The van der Waals surface area contributed by atoms with E-state index in [1.807, 2.05) is 12.3 Å². The maximum atomic E-state index is 13.9. The molecule has 2 N–H and O–H groups in total. The zero-order valence-electron chi connectivity index (χ0n) is 18.0. The molecule has 3 aromatic rings. The molecule has 1 amide bonds. The van der Waals surface area contributed by atoms with Gasteiger partial charge in [0.1, 0.15) is 11.6 Å². The van der Waals surface area contributed by atoms with Crippen molar-refractivity contribution in [3.63, 3.8) is 0 Å². The number of aromatic nitrogens is 2. The summed E-state index contributed by atoms with van der Waals surface area (Å²) in [5, 5.41) is 14.1. The maximum Gasteiger partial charge on any atom is 0.261 e. The van der Waals surface area contributed by atoms with Crippen LogP contribution in [0.5, 0.6) is 5.75 Å². The number of aliphatic hydroxyl groups excluding tert-OH is 1. The van der Waals surface area contributed by atoms with Gasteiger partial charge >= 0.3 is 0 Å². The molecule has 0 spiro atoms. The van der Waals surface area contributed by atoms with Crippen LogP contribution in [0.2, 0.25) is 5.02 Å². The van der Waals surface area contributed by atoms with Crippen LogP contribution in [-0.4, -0.2) is 32.2 Å². The van der Waals surface area contributed by atoms with Crippen molar-refractivity contribution in [3.05, 3.63) is 70.9 Å². The Bertz CT molecular complexity index is 1270. The Kier molecular flexibility index (Phi) is 4.42. The second-order valence-corrected chi connectivity index (χ2v) is 10.1. The van der Waals surface area contributed by atoms with Crippen molar-refractivity contribution in [2.45, 2.75) is 55.9 Å². The number of carbonyl (C=O) groups is 1. The number of rotatable bonds is 4. The first-order valence-corrected chi connectivity index (χ1v) is 11.4. The molecule has 1 aromatic heterocycles. The Hall–Kier alpha value is -2.90. The van der Waals surface area contributed by atoms with Gasteiger partial charge in [0.25, 0.3) is 5.91 Å². The van der Waals surface area contributed by atoms with Crippen LogP contribution in [0.1, 0.15) is 42.9 Å². The zero-order valence-corrected chi connectivity index (χ0v) is 18.8. The zero-order chi connectivity index (χ0) is 23.0. The van der Waals surface area contributed by atoms with Gasteiger partial charge < -0.3 is 19.7 Å². The molecule has 0 unspecified atom stereocenters. The lowest BCUT2D eigenvalue weighted by Crippen LogP contribution is -2.79. The number of ether oxygens (including phenoxy) is 1. The summed E-state index contributed by atoms with van der Waals surface area (Å²) in [7, 11) is 0. The van der Waals surface area contributed by atoms with Crippen LogP contribution >= 0.6 is 11.6 Å². The first kappa shape index (κ1) is 20.7. The minimum absolute atomic E-state index is 0.0575. The second kappa shape index (κ2) is 7.05. The van der Waals surface area contributed by atoms with E-state index in [2.05, 4.69) is 14.9 Å². The number of hydrogen-bond acceptors (Lipinski definition) is 4. The van der Waals surface area contributed by atoms with Crippen LogP contribution in [0.15, 0.2) is 48.9 Å². The minimum Gasteiger partial charge on any atom is -0.480 e. The van der Waals surface area contributed by atoms with Gasteiger partial charge in [-0.1, -0.05) is 23.7 Å². The quantitative estimate of drug-likeness (QED) is 0.600. The van der Waals surface area contributed by atoms with Crippen LogP contribution in [0.25, 0.3) is 11.3 Å². The summed E-state index contributed by atoms with van der Waals surface area (Å²) in [6.07, 6.45) is 4.84. The van der Waals surface area contributed by atoms with Crippen LogP contribution < -0.4 is 10.1 Å². The highest BCUT2D eigenvalue weighted by atomic mass is 35.5. The van der Waals surface area contributed by atoms with E-state index >= 15 is 0 Å². The van der Waals surface area contributed by atoms with E-state index in [-0.39, 0.29) is 29.2 Å². The molecule has 3 aliphatic carbocycles. The monoisotopic (exact) mass is 467 g/mol. The molecule has 3 fully saturated rings. The summed E-state index contributed by atoms with van der Waals surface area (Å²) in [4.78, 5) is 17.4. The third kappa shape index (κ3) is 3.25. The van der Waals surface area contributed by atoms with Crippen LogP contribution in [-0.2, 0) is 10.3 Å². The fourth-order valence-corrected chi connectivity index (χ4v) is 5.73. The molecule has 0 saturated heterocycles. The Morgan fingerprint density at radius 2 is 2.06 bits per heavy atom. The maximum absolute atomic E-state index is 13.9. The van der Waals surface area contributed by atoms with E-state index in [0.29, 0.717) is 21.9 Å². The van der Waals surface area contributed by atoms with Crippen LogP contribution in [0.3, 0.4) is 0 Å². The van der Waals surface area contributed by atoms with E-state index < -0.39 is 12.2 Å². The van der Waals surface area contributed by atoms with Gasteiger partial charge in [0.15, 0.2) is 6.10 Å². The van der Waals surface area contributed by atoms with Crippen molar-refractivity contribution in [1.29, 1.82) is 0 Å². The number of halogens is 2. The molecule has 2 aromatic carbocycles. The lowest BCUT2D eigenvalue weighted by atomic mass is 9.44. The molecule has 2 heterocycles. The summed E-state index contributed by atoms with van der Waals surface area (Å²) in [5.74, 6) is 0.0465. The Morgan fingerprint density at radius 3 is 2.82 bits per heavy atom. The SMILES string of the molecule is Cc1ccc(-c2cn(C34CC(NC(=O)[C@H]5C[C@@H](O)c6cc(Cl)ccc6O5)(C3)C4)cn2)cc1F. The molecule has 4 aliphatic rings. The first-order valence-electron chi connectivity index (χ1n) is 11.0.